The molecule has 0 radical (unpaired) electrons. The highest BCUT2D eigenvalue weighted by Crippen LogP contribution is 2.18. The quantitative estimate of drug-likeness (QED) is 0.694. The first kappa shape index (κ1) is 12.5. The molecular weight excluding hydrogens is 203 g/mol. The van der Waals surface area contributed by atoms with Crippen molar-refractivity contribution in [1.29, 1.82) is 0 Å². The van der Waals surface area contributed by atoms with E-state index in [9.17, 15) is 22.8 Å². The van der Waals surface area contributed by atoms with Gasteiger partial charge >= 0.3 is 18.1 Å². The number of alkyl halides is 3. The van der Waals surface area contributed by atoms with Crippen LogP contribution in [0.25, 0.3) is 0 Å². The molecule has 4 nitrogen and oxygen atoms in total. The Morgan fingerprint density at radius 1 is 1.43 bits per heavy atom. The molecule has 0 unspecified atom stereocenters. The van der Waals surface area contributed by atoms with Crippen molar-refractivity contribution in [2.24, 2.45) is 0 Å². The third-order valence-corrected chi connectivity index (χ3v) is 1.21. The van der Waals surface area contributed by atoms with Gasteiger partial charge in [0, 0.05) is 6.54 Å². The molecule has 0 spiro atoms. The second kappa shape index (κ2) is 4.64. The summed E-state index contributed by atoms with van der Waals surface area (Å²) in [6, 6.07) is 0. The normalized spacial score (nSPS) is 10.8. The zero-order chi connectivity index (χ0) is 11.4. The average Bonchev–Trinajstić information content (AvgIpc) is 2.00. The topological polar surface area (TPSA) is 57.6 Å². The Hall–Kier alpha value is -1.53. The Balaban J connectivity index is 4.56. The molecule has 0 heterocycles. The lowest BCUT2D eigenvalue weighted by Crippen LogP contribution is -2.43. The van der Waals surface area contributed by atoms with Crippen molar-refractivity contribution in [1.82, 2.24) is 4.90 Å². The minimum atomic E-state index is -5.06. The molecule has 0 aromatic rings. The van der Waals surface area contributed by atoms with Crippen LogP contribution in [0.3, 0.4) is 0 Å². The second-order valence-corrected chi connectivity index (χ2v) is 2.37. The van der Waals surface area contributed by atoms with Crippen molar-refractivity contribution in [3.05, 3.63) is 12.7 Å². The Morgan fingerprint density at radius 2 is 1.93 bits per heavy atom. The van der Waals surface area contributed by atoms with Gasteiger partial charge in [-0.1, -0.05) is 6.08 Å². The van der Waals surface area contributed by atoms with E-state index in [2.05, 4.69) is 6.58 Å². The Morgan fingerprint density at radius 3 is 2.21 bits per heavy atom. The third kappa shape index (κ3) is 3.92. The maximum Gasteiger partial charge on any atom is 0.471 e. The lowest BCUT2D eigenvalue weighted by atomic mass is 10.4. The fraction of sp³-hybridized carbons (Fsp3) is 0.429. The van der Waals surface area contributed by atoms with Gasteiger partial charge in [-0.25, -0.2) is 0 Å². The summed E-state index contributed by atoms with van der Waals surface area (Å²) < 4.78 is 35.6. The molecular formula is C7H8F3NO3. The zero-order valence-corrected chi connectivity index (χ0v) is 7.04. The molecule has 0 aromatic carbocycles. The molecule has 0 fully saturated rings. The van der Waals surface area contributed by atoms with Crippen LogP contribution in [0, 0.1) is 0 Å². The standard InChI is InChI=1S/C7H8F3NO3/c1-2-3-11(4-5(12)13)6(14)7(8,9)10/h2H,1,3-4H2,(H,12,13). The summed E-state index contributed by atoms with van der Waals surface area (Å²) in [5.41, 5.74) is 0. The number of carboxylic acids is 1. The van der Waals surface area contributed by atoms with Crippen LogP contribution in [-0.2, 0) is 9.59 Å². The van der Waals surface area contributed by atoms with Crippen LogP contribution in [0.4, 0.5) is 13.2 Å². The van der Waals surface area contributed by atoms with Crippen molar-refractivity contribution in [3.63, 3.8) is 0 Å². The van der Waals surface area contributed by atoms with Gasteiger partial charge in [-0.15, -0.1) is 6.58 Å². The molecule has 0 saturated heterocycles. The molecule has 0 bridgehead atoms. The Labute approximate surface area is 77.6 Å². The van der Waals surface area contributed by atoms with Crippen LogP contribution in [0.15, 0.2) is 12.7 Å². The van der Waals surface area contributed by atoms with E-state index in [1.165, 1.54) is 0 Å². The van der Waals surface area contributed by atoms with Crippen LogP contribution in [0.1, 0.15) is 0 Å². The van der Waals surface area contributed by atoms with E-state index in [1.807, 2.05) is 0 Å². The first-order chi connectivity index (χ1) is 6.29. The van der Waals surface area contributed by atoms with Crippen LogP contribution in [0.2, 0.25) is 0 Å². The Bertz CT molecular complexity index is 249. The molecule has 7 heteroatoms. The largest absolute Gasteiger partial charge is 0.480 e. The maximum absolute atomic E-state index is 11.9. The van der Waals surface area contributed by atoms with Gasteiger partial charge in [-0.2, -0.15) is 13.2 Å². The molecule has 1 amide bonds. The van der Waals surface area contributed by atoms with Gasteiger partial charge in [0.2, 0.25) is 0 Å². The smallest absolute Gasteiger partial charge is 0.471 e. The Kier molecular flexibility index (Phi) is 4.13. The van der Waals surface area contributed by atoms with E-state index >= 15 is 0 Å². The van der Waals surface area contributed by atoms with Crippen molar-refractivity contribution < 1.29 is 27.9 Å². The molecule has 80 valence electrons. The predicted octanol–water partition coefficient (Wildman–Crippen LogP) is 0.648. The van der Waals surface area contributed by atoms with E-state index < -0.39 is 31.1 Å². The summed E-state index contributed by atoms with van der Waals surface area (Å²) in [7, 11) is 0. The number of nitrogens with zero attached hydrogens (tertiary/aromatic N) is 1. The third-order valence-electron chi connectivity index (χ3n) is 1.21. The number of hydrogen-bond donors (Lipinski definition) is 1. The number of halogens is 3. The van der Waals surface area contributed by atoms with Gasteiger partial charge in [0.1, 0.15) is 6.54 Å². The molecule has 0 aliphatic carbocycles. The molecule has 0 atom stereocenters. The van der Waals surface area contributed by atoms with Gasteiger partial charge in [0.05, 0.1) is 0 Å². The molecule has 0 aliphatic rings. The van der Waals surface area contributed by atoms with Crippen LogP contribution in [-0.4, -0.2) is 41.1 Å². The summed E-state index contributed by atoms with van der Waals surface area (Å²) in [5.74, 6) is -3.69. The fourth-order valence-electron chi connectivity index (χ4n) is 0.718. The first-order valence-electron chi connectivity index (χ1n) is 3.47. The summed E-state index contributed by atoms with van der Waals surface area (Å²) >= 11 is 0. The SMILES string of the molecule is C=CCN(CC(=O)O)C(=O)C(F)(F)F. The van der Waals surface area contributed by atoms with Gasteiger partial charge in [0.25, 0.3) is 0 Å². The van der Waals surface area contributed by atoms with Gasteiger partial charge < -0.3 is 10.0 Å². The van der Waals surface area contributed by atoms with Crippen molar-refractivity contribution in [2.75, 3.05) is 13.1 Å². The minimum absolute atomic E-state index is 0.148. The summed E-state index contributed by atoms with van der Waals surface area (Å²) in [4.78, 5) is 20.8. The molecule has 14 heavy (non-hydrogen) atoms. The second-order valence-electron chi connectivity index (χ2n) is 2.37. The molecule has 0 aliphatic heterocycles. The highest BCUT2D eigenvalue weighted by Gasteiger charge is 2.42. The van der Waals surface area contributed by atoms with E-state index in [1.54, 1.807) is 0 Å². The highest BCUT2D eigenvalue weighted by atomic mass is 19.4. The maximum atomic E-state index is 11.9. The molecule has 0 aromatic heterocycles. The van der Waals surface area contributed by atoms with Crippen LogP contribution in [0.5, 0.6) is 0 Å². The lowest BCUT2D eigenvalue weighted by Gasteiger charge is -2.19. The number of carbonyl (C=O) groups is 2. The predicted molar refractivity (Wildman–Crippen MR) is 40.5 cm³/mol. The van der Waals surface area contributed by atoms with Crippen molar-refractivity contribution in [3.8, 4) is 0 Å². The number of aliphatic carboxylic acids is 1. The summed E-state index contributed by atoms with van der Waals surface area (Å²) in [6.07, 6.45) is -4.04. The fourth-order valence-corrected chi connectivity index (χ4v) is 0.718. The first-order valence-corrected chi connectivity index (χ1v) is 3.47. The number of amides is 1. The van der Waals surface area contributed by atoms with Gasteiger partial charge in [-0.3, -0.25) is 9.59 Å². The average molecular weight is 211 g/mol. The summed E-state index contributed by atoms with van der Waals surface area (Å²) in [6.45, 7) is 1.67. The minimum Gasteiger partial charge on any atom is -0.480 e. The lowest BCUT2D eigenvalue weighted by molar-refractivity contribution is -0.186. The van der Waals surface area contributed by atoms with E-state index in [4.69, 9.17) is 5.11 Å². The number of carbonyl (C=O) groups excluding carboxylic acids is 1. The highest BCUT2D eigenvalue weighted by molar-refractivity contribution is 5.85. The monoisotopic (exact) mass is 211 g/mol. The van der Waals surface area contributed by atoms with E-state index in [-0.39, 0.29) is 4.90 Å². The number of rotatable bonds is 4. The van der Waals surface area contributed by atoms with Gasteiger partial charge in [0.15, 0.2) is 0 Å². The van der Waals surface area contributed by atoms with Crippen molar-refractivity contribution >= 4 is 11.9 Å². The zero-order valence-electron chi connectivity index (χ0n) is 7.04. The van der Waals surface area contributed by atoms with Crippen LogP contribution < -0.4 is 0 Å². The van der Waals surface area contributed by atoms with Crippen LogP contribution >= 0.6 is 0 Å². The van der Waals surface area contributed by atoms with Crippen molar-refractivity contribution in [2.45, 2.75) is 6.18 Å². The number of hydrogen-bond acceptors (Lipinski definition) is 2. The van der Waals surface area contributed by atoms with E-state index in [0.717, 1.165) is 6.08 Å². The molecule has 0 rings (SSSR count). The molecule has 0 saturated carbocycles. The molecule has 1 N–H and O–H groups in total. The number of carboxylic acid groups (broad SMARTS) is 1. The van der Waals surface area contributed by atoms with Gasteiger partial charge in [-0.05, 0) is 0 Å². The van der Waals surface area contributed by atoms with E-state index in [0.29, 0.717) is 0 Å². The summed E-state index contributed by atoms with van der Waals surface area (Å²) in [5, 5.41) is 8.23.